The molecule has 0 bridgehead atoms. The van der Waals surface area contributed by atoms with Crippen LogP contribution >= 0.6 is 15.9 Å². The zero-order valence-electron chi connectivity index (χ0n) is 16.0. The smallest absolute Gasteiger partial charge is 0.407 e. The number of ether oxygens (including phenoxy) is 1. The van der Waals surface area contributed by atoms with Gasteiger partial charge in [0, 0.05) is 21.6 Å². The summed E-state index contributed by atoms with van der Waals surface area (Å²) in [4.78, 5) is 23.6. The summed E-state index contributed by atoms with van der Waals surface area (Å²) in [6.07, 6.45) is 1.20. The summed E-state index contributed by atoms with van der Waals surface area (Å²) in [5, 5.41) is 12.9. The fraction of sp³-hybridized carbons (Fsp3) is 0.273. The number of hydrogen-bond acceptors (Lipinski definition) is 3. The summed E-state index contributed by atoms with van der Waals surface area (Å²) in [7, 11) is 0. The minimum absolute atomic E-state index is 0.174. The van der Waals surface area contributed by atoms with Crippen molar-refractivity contribution < 1.29 is 23.8 Å². The Morgan fingerprint density at radius 3 is 2.77 bits per heavy atom. The van der Waals surface area contributed by atoms with Gasteiger partial charge in [0.2, 0.25) is 0 Å². The molecule has 1 heterocycles. The summed E-state index contributed by atoms with van der Waals surface area (Å²) in [6.45, 7) is -0.0198. The number of fused-ring (bicyclic) bond motifs is 3. The second-order valence-corrected chi connectivity index (χ2v) is 8.19. The molecule has 1 atom stereocenters. The fourth-order valence-corrected chi connectivity index (χ4v) is 4.71. The number of aliphatic carboxylic acids is 1. The summed E-state index contributed by atoms with van der Waals surface area (Å²) in [5.41, 5.74) is 3.30. The molecule has 0 saturated heterocycles. The highest BCUT2D eigenvalue weighted by molar-refractivity contribution is 9.10. The number of benzene rings is 2. The van der Waals surface area contributed by atoms with E-state index < -0.39 is 17.9 Å². The molecule has 2 aromatic carbocycles. The number of carboxylic acid groups (broad SMARTS) is 1. The van der Waals surface area contributed by atoms with Gasteiger partial charge in [0.1, 0.15) is 19.0 Å². The van der Waals surface area contributed by atoms with Gasteiger partial charge in [-0.2, -0.15) is 0 Å². The Labute approximate surface area is 180 Å². The van der Waals surface area contributed by atoms with Crippen LogP contribution in [0.3, 0.4) is 0 Å². The minimum atomic E-state index is -0.962. The van der Waals surface area contributed by atoms with Crippen molar-refractivity contribution in [2.75, 3.05) is 0 Å². The second-order valence-electron chi connectivity index (χ2n) is 7.33. The van der Waals surface area contributed by atoms with Crippen molar-refractivity contribution >= 4 is 38.9 Å². The number of carboxylic acids is 1. The maximum Gasteiger partial charge on any atom is 0.407 e. The highest BCUT2D eigenvalue weighted by atomic mass is 79.9. The van der Waals surface area contributed by atoms with Crippen molar-refractivity contribution in [3.8, 4) is 0 Å². The van der Waals surface area contributed by atoms with Crippen molar-refractivity contribution in [1.29, 1.82) is 0 Å². The fourth-order valence-electron chi connectivity index (χ4n) is 4.06. The number of carbonyl (C=O) groups is 2. The summed E-state index contributed by atoms with van der Waals surface area (Å²) in [6, 6.07) is 12.0. The van der Waals surface area contributed by atoms with Gasteiger partial charge in [0.05, 0.1) is 5.52 Å². The number of amides is 1. The molecule has 6 nitrogen and oxygen atoms in total. The summed E-state index contributed by atoms with van der Waals surface area (Å²) in [5.74, 6) is -1.36. The van der Waals surface area contributed by atoms with Crippen LogP contribution in [0, 0.1) is 5.82 Å². The first-order valence-corrected chi connectivity index (χ1v) is 10.4. The lowest BCUT2D eigenvalue weighted by molar-refractivity contribution is -0.137. The van der Waals surface area contributed by atoms with E-state index in [4.69, 9.17) is 4.74 Å². The largest absolute Gasteiger partial charge is 0.480 e. The lowest BCUT2D eigenvalue weighted by Gasteiger charge is -2.24. The van der Waals surface area contributed by atoms with Crippen LogP contribution < -0.4 is 5.32 Å². The average Bonchev–Trinajstić information content (AvgIpc) is 3.00. The van der Waals surface area contributed by atoms with Gasteiger partial charge in [-0.25, -0.2) is 9.18 Å². The van der Waals surface area contributed by atoms with E-state index in [0.29, 0.717) is 34.6 Å². The third-order valence-electron chi connectivity index (χ3n) is 5.31. The van der Waals surface area contributed by atoms with Gasteiger partial charge in [0.15, 0.2) is 0 Å². The van der Waals surface area contributed by atoms with Crippen LogP contribution in [0.1, 0.15) is 23.2 Å². The molecule has 0 saturated carbocycles. The molecule has 1 aliphatic rings. The van der Waals surface area contributed by atoms with E-state index in [1.807, 2.05) is 30.3 Å². The third kappa shape index (κ3) is 4.18. The highest BCUT2D eigenvalue weighted by Gasteiger charge is 2.28. The first-order valence-electron chi connectivity index (χ1n) is 9.60. The van der Waals surface area contributed by atoms with E-state index >= 15 is 0 Å². The molecular weight excluding hydrogens is 455 g/mol. The quantitative estimate of drug-likeness (QED) is 0.573. The van der Waals surface area contributed by atoms with Gasteiger partial charge >= 0.3 is 12.1 Å². The number of halogens is 2. The predicted octanol–water partition coefficient (Wildman–Crippen LogP) is 4.41. The number of nitrogens with zero attached hydrogens (tertiary/aromatic N) is 1. The lowest BCUT2D eigenvalue weighted by atomic mass is 9.91. The summed E-state index contributed by atoms with van der Waals surface area (Å²) >= 11 is 3.37. The van der Waals surface area contributed by atoms with Gasteiger partial charge in [-0.1, -0.05) is 30.3 Å². The Morgan fingerprint density at radius 2 is 2.03 bits per heavy atom. The van der Waals surface area contributed by atoms with E-state index in [0.717, 1.165) is 16.8 Å². The molecule has 30 heavy (non-hydrogen) atoms. The van der Waals surface area contributed by atoms with Crippen molar-refractivity contribution in [1.82, 2.24) is 9.88 Å². The minimum Gasteiger partial charge on any atom is -0.480 e. The molecular formula is C22H20BrFN2O4. The van der Waals surface area contributed by atoms with Crippen LogP contribution in [0.4, 0.5) is 9.18 Å². The molecule has 0 unspecified atom stereocenters. The number of rotatable bonds is 5. The standard InChI is InChI=1S/C22H20BrFN2O4/c23-18-9-14(24)8-17-16-10-15(6-7-19(16)26(21(17)18)11-20(27)28)25-22(29)30-12-13-4-2-1-3-5-13/h1-5,8-9,15H,6-7,10-12H2,(H,25,29)(H,27,28)/t15-/m0/s1. The molecule has 8 heteroatoms. The van der Waals surface area contributed by atoms with E-state index in [2.05, 4.69) is 21.2 Å². The van der Waals surface area contributed by atoms with Gasteiger partial charge in [-0.15, -0.1) is 0 Å². The van der Waals surface area contributed by atoms with Crippen LogP contribution in [0.15, 0.2) is 46.9 Å². The Bertz CT molecular complexity index is 1110. The van der Waals surface area contributed by atoms with Crippen LogP contribution in [0.5, 0.6) is 0 Å². The normalized spacial score (nSPS) is 15.6. The third-order valence-corrected chi connectivity index (χ3v) is 5.91. The van der Waals surface area contributed by atoms with E-state index in [1.165, 1.54) is 12.1 Å². The Hall–Kier alpha value is -2.87. The monoisotopic (exact) mass is 474 g/mol. The van der Waals surface area contributed by atoms with Crippen molar-refractivity contribution in [3.05, 3.63) is 69.6 Å². The van der Waals surface area contributed by atoms with Gasteiger partial charge in [0.25, 0.3) is 0 Å². The molecule has 2 N–H and O–H groups in total. The van der Waals surface area contributed by atoms with Gasteiger partial charge in [-0.05, 0) is 58.5 Å². The number of alkyl carbamates (subject to hydrolysis) is 1. The molecule has 4 rings (SSSR count). The molecule has 0 aliphatic heterocycles. The number of hydrogen-bond donors (Lipinski definition) is 2. The van der Waals surface area contributed by atoms with E-state index in [1.54, 1.807) is 4.57 Å². The topological polar surface area (TPSA) is 80.6 Å². The van der Waals surface area contributed by atoms with Crippen LogP contribution in [-0.2, 0) is 35.5 Å². The number of carbonyl (C=O) groups excluding carboxylic acids is 1. The SMILES string of the molecule is O=C(O)Cn1c2c(c3cc(F)cc(Br)c31)C[C@@H](NC(=O)OCc1ccccc1)CC2. The first kappa shape index (κ1) is 20.4. The van der Waals surface area contributed by atoms with E-state index in [9.17, 15) is 19.1 Å². The molecule has 1 aromatic heterocycles. The Balaban J connectivity index is 1.54. The molecule has 156 valence electrons. The van der Waals surface area contributed by atoms with Crippen molar-refractivity contribution in [3.63, 3.8) is 0 Å². The van der Waals surface area contributed by atoms with Crippen LogP contribution in [-0.4, -0.2) is 27.8 Å². The highest BCUT2D eigenvalue weighted by Crippen LogP contribution is 2.36. The molecule has 0 radical (unpaired) electrons. The number of aromatic nitrogens is 1. The molecule has 0 fully saturated rings. The molecule has 1 aliphatic carbocycles. The predicted molar refractivity (Wildman–Crippen MR) is 113 cm³/mol. The number of nitrogens with one attached hydrogen (secondary N) is 1. The zero-order chi connectivity index (χ0) is 21.3. The van der Waals surface area contributed by atoms with Crippen molar-refractivity contribution in [2.45, 2.75) is 38.5 Å². The molecule has 0 spiro atoms. The maximum atomic E-state index is 14.1. The van der Waals surface area contributed by atoms with Gasteiger partial charge in [-0.3, -0.25) is 4.79 Å². The van der Waals surface area contributed by atoms with E-state index in [-0.39, 0.29) is 19.2 Å². The lowest BCUT2D eigenvalue weighted by Crippen LogP contribution is -2.39. The van der Waals surface area contributed by atoms with Crippen molar-refractivity contribution in [2.24, 2.45) is 0 Å². The Kier molecular flexibility index (Phi) is 5.76. The average molecular weight is 475 g/mol. The molecule has 3 aromatic rings. The van der Waals surface area contributed by atoms with Crippen LogP contribution in [0.25, 0.3) is 10.9 Å². The van der Waals surface area contributed by atoms with Gasteiger partial charge < -0.3 is 19.7 Å². The first-order chi connectivity index (χ1) is 14.4. The maximum absolute atomic E-state index is 14.1. The zero-order valence-corrected chi connectivity index (χ0v) is 17.6. The summed E-state index contributed by atoms with van der Waals surface area (Å²) < 4.78 is 21.6. The van der Waals surface area contributed by atoms with Crippen LogP contribution in [0.2, 0.25) is 0 Å². The Morgan fingerprint density at radius 1 is 1.27 bits per heavy atom. The second kappa shape index (κ2) is 8.47. The molecule has 1 amide bonds.